The maximum atomic E-state index is 13.4. The average Bonchev–Trinajstić information content (AvgIpc) is 2.81. The molecule has 1 N–H and O–H groups in total. The lowest BCUT2D eigenvalue weighted by Gasteiger charge is -2.38. The second-order valence-electron chi connectivity index (χ2n) is 7.99. The van der Waals surface area contributed by atoms with E-state index in [0.717, 1.165) is 35.6 Å². The van der Waals surface area contributed by atoms with Gasteiger partial charge in [0, 0.05) is 12.2 Å². The van der Waals surface area contributed by atoms with Crippen molar-refractivity contribution in [3.05, 3.63) is 95.6 Å². The molecule has 0 radical (unpaired) electrons. The predicted octanol–water partition coefficient (Wildman–Crippen LogP) is 6.41. The van der Waals surface area contributed by atoms with Crippen molar-refractivity contribution in [3.63, 3.8) is 0 Å². The quantitative estimate of drug-likeness (QED) is 0.411. The third-order valence-corrected chi connectivity index (χ3v) is 5.66. The van der Waals surface area contributed by atoms with Crippen LogP contribution in [0.25, 0.3) is 0 Å². The van der Waals surface area contributed by atoms with Crippen molar-refractivity contribution in [2.75, 3.05) is 11.9 Å². The average molecular weight is 415 g/mol. The summed E-state index contributed by atoms with van der Waals surface area (Å²) in [6.45, 7) is 3.47. The molecule has 1 heterocycles. The SMILES string of the molecule is CCCCCCOc1cccc(C2Nc3ccccc3C(=O)N2Cc2ccccc2)c1. The molecule has 4 heteroatoms. The fourth-order valence-electron chi connectivity index (χ4n) is 3.99. The second kappa shape index (κ2) is 10.2. The van der Waals surface area contributed by atoms with Gasteiger partial charge in [-0.15, -0.1) is 0 Å². The molecule has 4 nitrogen and oxygen atoms in total. The summed E-state index contributed by atoms with van der Waals surface area (Å²) < 4.78 is 6.00. The largest absolute Gasteiger partial charge is 0.494 e. The third kappa shape index (κ3) is 5.08. The highest BCUT2D eigenvalue weighted by Crippen LogP contribution is 2.35. The van der Waals surface area contributed by atoms with Crippen molar-refractivity contribution < 1.29 is 9.53 Å². The zero-order valence-corrected chi connectivity index (χ0v) is 18.1. The van der Waals surface area contributed by atoms with Crippen molar-refractivity contribution in [1.29, 1.82) is 0 Å². The summed E-state index contributed by atoms with van der Waals surface area (Å²) in [7, 11) is 0. The van der Waals surface area contributed by atoms with Crippen molar-refractivity contribution >= 4 is 11.6 Å². The number of hydrogen-bond acceptors (Lipinski definition) is 3. The molecule has 1 unspecified atom stereocenters. The molecule has 0 saturated heterocycles. The number of amides is 1. The van der Waals surface area contributed by atoms with E-state index < -0.39 is 0 Å². The van der Waals surface area contributed by atoms with Crippen LogP contribution in [0.1, 0.15) is 60.3 Å². The van der Waals surface area contributed by atoms with Gasteiger partial charge in [0.2, 0.25) is 0 Å². The Bertz CT molecular complexity index is 1000. The Morgan fingerprint density at radius 1 is 0.903 bits per heavy atom. The van der Waals surface area contributed by atoms with Gasteiger partial charge in [-0.25, -0.2) is 0 Å². The van der Waals surface area contributed by atoms with E-state index in [2.05, 4.69) is 36.5 Å². The fraction of sp³-hybridized carbons (Fsp3) is 0.296. The first kappa shape index (κ1) is 21.0. The summed E-state index contributed by atoms with van der Waals surface area (Å²) in [5, 5.41) is 3.57. The molecule has 0 aromatic heterocycles. The van der Waals surface area contributed by atoms with Crippen LogP contribution in [-0.2, 0) is 6.54 Å². The van der Waals surface area contributed by atoms with Gasteiger partial charge < -0.3 is 15.0 Å². The van der Waals surface area contributed by atoms with Crippen molar-refractivity contribution in [1.82, 2.24) is 4.90 Å². The van der Waals surface area contributed by atoms with E-state index >= 15 is 0 Å². The number of ether oxygens (including phenoxy) is 1. The summed E-state index contributed by atoms with van der Waals surface area (Å²) in [6, 6.07) is 25.9. The van der Waals surface area contributed by atoms with Gasteiger partial charge >= 0.3 is 0 Å². The minimum Gasteiger partial charge on any atom is -0.494 e. The molecule has 31 heavy (non-hydrogen) atoms. The van der Waals surface area contributed by atoms with E-state index in [9.17, 15) is 4.79 Å². The van der Waals surface area contributed by atoms with Crippen LogP contribution in [0, 0.1) is 0 Å². The van der Waals surface area contributed by atoms with Gasteiger partial charge in [0.25, 0.3) is 5.91 Å². The van der Waals surface area contributed by atoms with Crippen LogP contribution in [-0.4, -0.2) is 17.4 Å². The lowest BCUT2D eigenvalue weighted by atomic mass is 10.0. The number of nitrogens with zero attached hydrogens (tertiary/aromatic N) is 1. The summed E-state index contributed by atoms with van der Waals surface area (Å²) in [4.78, 5) is 15.3. The number of carbonyl (C=O) groups excluding carboxylic acids is 1. The summed E-state index contributed by atoms with van der Waals surface area (Å²) >= 11 is 0. The maximum Gasteiger partial charge on any atom is 0.258 e. The smallest absolute Gasteiger partial charge is 0.258 e. The van der Waals surface area contributed by atoms with Crippen LogP contribution in [0.2, 0.25) is 0 Å². The van der Waals surface area contributed by atoms with Gasteiger partial charge in [-0.3, -0.25) is 4.79 Å². The molecular formula is C27H30N2O2. The van der Waals surface area contributed by atoms with Gasteiger partial charge in [0.15, 0.2) is 0 Å². The van der Waals surface area contributed by atoms with Crippen molar-refractivity contribution in [2.45, 2.75) is 45.3 Å². The second-order valence-corrected chi connectivity index (χ2v) is 7.99. The van der Waals surface area contributed by atoms with Crippen LogP contribution < -0.4 is 10.1 Å². The summed E-state index contributed by atoms with van der Waals surface area (Å²) in [6.07, 6.45) is 4.45. The summed E-state index contributed by atoms with van der Waals surface area (Å²) in [5.41, 5.74) is 3.70. The topological polar surface area (TPSA) is 41.6 Å². The molecule has 160 valence electrons. The number of anilines is 1. The Labute approximate surface area is 184 Å². The first-order valence-electron chi connectivity index (χ1n) is 11.2. The van der Waals surface area contributed by atoms with E-state index in [1.165, 1.54) is 19.3 Å². The van der Waals surface area contributed by atoms with Gasteiger partial charge in [-0.05, 0) is 41.8 Å². The minimum atomic E-state index is -0.258. The van der Waals surface area contributed by atoms with Crippen LogP contribution in [0.4, 0.5) is 5.69 Å². The molecule has 1 atom stereocenters. The molecule has 4 rings (SSSR count). The maximum absolute atomic E-state index is 13.4. The predicted molar refractivity (Wildman–Crippen MR) is 125 cm³/mol. The molecular weight excluding hydrogens is 384 g/mol. The molecule has 0 bridgehead atoms. The number of nitrogens with one attached hydrogen (secondary N) is 1. The monoisotopic (exact) mass is 414 g/mol. The fourth-order valence-corrected chi connectivity index (χ4v) is 3.99. The highest BCUT2D eigenvalue weighted by atomic mass is 16.5. The summed E-state index contributed by atoms with van der Waals surface area (Å²) in [5.74, 6) is 0.885. The molecule has 1 aliphatic rings. The van der Waals surface area contributed by atoms with E-state index in [0.29, 0.717) is 12.1 Å². The molecule has 0 saturated carbocycles. The molecule has 0 fully saturated rings. The Morgan fingerprint density at radius 2 is 1.71 bits per heavy atom. The Kier molecular flexibility index (Phi) is 6.88. The molecule has 0 spiro atoms. The lowest BCUT2D eigenvalue weighted by molar-refractivity contribution is 0.0666. The first-order chi connectivity index (χ1) is 15.3. The third-order valence-electron chi connectivity index (χ3n) is 5.66. The van der Waals surface area contributed by atoms with E-state index in [1.807, 2.05) is 59.5 Å². The van der Waals surface area contributed by atoms with Crippen LogP contribution in [0.5, 0.6) is 5.75 Å². The van der Waals surface area contributed by atoms with Gasteiger partial charge in [-0.2, -0.15) is 0 Å². The Hall–Kier alpha value is -3.27. The molecule has 1 amide bonds. The standard InChI is InChI=1S/C27H30N2O2/c1-2-3-4-10-18-31-23-15-11-14-22(19-23)26-28-25-17-9-8-16-24(25)27(30)29(26)20-21-12-6-5-7-13-21/h5-9,11-17,19,26,28H,2-4,10,18,20H2,1H3. The van der Waals surface area contributed by atoms with Crippen molar-refractivity contribution in [3.8, 4) is 5.75 Å². The van der Waals surface area contributed by atoms with Gasteiger partial charge in [-0.1, -0.05) is 80.8 Å². The number of fused-ring (bicyclic) bond motifs is 1. The van der Waals surface area contributed by atoms with Crippen LogP contribution in [0.15, 0.2) is 78.9 Å². The van der Waals surface area contributed by atoms with E-state index in [4.69, 9.17) is 4.74 Å². The molecule has 3 aromatic rings. The number of carbonyl (C=O) groups is 1. The minimum absolute atomic E-state index is 0.0362. The number of rotatable bonds is 9. The zero-order chi connectivity index (χ0) is 21.5. The zero-order valence-electron chi connectivity index (χ0n) is 18.1. The van der Waals surface area contributed by atoms with E-state index in [1.54, 1.807) is 0 Å². The van der Waals surface area contributed by atoms with Crippen LogP contribution in [0.3, 0.4) is 0 Å². The molecule has 0 aliphatic carbocycles. The van der Waals surface area contributed by atoms with Gasteiger partial charge in [0.1, 0.15) is 11.9 Å². The molecule has 1 aliphatic heterocycles. The van der Waals surface area contributed by atoms with Gasteiger partial charge in [0.05, 0.1) is 12.2 Å². The Balaban J connectivity index is 1.58. The van der Waals surface area contributed by atoms with E-state index in [-0.39, 0.29) is 12.1 Å². The lowest BCUT2D eigenvalue weighted by Crippen LogP contribution is -2.42. The highest BCUT2D eigenvalue weighted by Gasteiger charge is 2.32. The Morgan fingerprint density at radius 3 is 2.55 bits per heavy atom. The van der Waals surface area contributed by atoms with Crippen LogP contribution >= 0.6 is 0 Å². The number of unbranched alkanes of at least 4 members (excludes halogenated alkanes) is 3. The number of hydrogen-bond donors (Lipinski definition) is 1. The normalized spacial score (nSPS) is 15.3. The number of benzene rings is 3. The van der Waals surface area contributed by atoms with Crippen molar-refractivity contribution in [2.24, 2.45) is 0 Å². The first-order valence-corrected chi connectivity index (χ1v) is 11.2. The number of para-hydroxylation sites is 1. The molecule has 3 aromatic carbocycles. The highest BCUT2D eigenvalue weighted by molar-refractivity contribution is 6.01.